The van der Waals surface area contributed by atoms with Crippen molar-refractivity contribution in [1.82, 2.24) is 15.4 Å². The lowest BCUT2D eigenvalue weighted by Crippen LogP contribution is -2.25. The first-order valence-corrected chi connectivity index (χ1v) is 10.3. The molecule has 6 heteroatoms. The molecule has 0 amide bonds. The van der Waals surface area contributed by atoms with Crippen LogP contribution in [0, 0.1) is 0 Å². The highest BCUT2D eigenvalue weighted by atomic mass is 16.1. The van der Waals surface area contributed by atoms with E-state index in [0.29, 0.717) is 11.3 Å². The fourth-order valence-corrected chi connectivity index (χ4v) is 3.34. The third-order valence-electron chi connectivity index (χ3n) is 5.08. The number of aromatic nitrogens is 2. The third-order valence-corrected chi connectivity index (χ3v) is 5.08. The summed E-state index contributed by atoms with van der Waals surface area (Å²) in [6.07, 6.45) is 5.25. The van der Waals surface area contributed by atoms with Gasteiger partial charge in [-0.2, -0.15) is 5.10 Å². The minimum absolute atomic E-state index is 0.00512. The minimum atomic E-state index is -0.360. The molecule has 4 rings (SSSR count). The highest BCUT2D eigenvalue weighted by Gasteiger charge is 2.17. The summed E-state index contributed by atoms with van der Waals surface area (Å²) in [5.41, 5.74) is 13.4. The Kier molecular flexibility index (Phi) is 6.63. The fraction of sp³-hybridized carbons (Fsp3) is 0.0769. The molecule has 0 saturated carbocycles. The summed E-state index contributed by atoms with van der Waals surface area (Å²) in [5, 5.41) is 4.28. The van der Waals surface area contributed by atoms with Crippen LogP contribution in [-0.4, -0.2) is 21.6 Å². The summed E-state index contributed by atoms with van der Waals surface area (Å²) >= 11 is 0. The zero-order valence-corrected chi connectivity index (χ0v) is 17.4. The SMILES string of the molecule is N/C(=N\NC(CC(=O)c1ccc(-c2ccccc2)cc1)c1ccncc1)c1ccccn1. The molecule has 2 heterocycles. The van der Waals surface area contributed by atoms with Crippen LogP contribution in [0.4, 0.5) is 0 Å². The average Bonchev–Trinajstić information content (AvgIpc) is 2.88. The van der Waals surface area contributed by atoms with E-state index in [2.05, 4.69) is 20.5 Å². The molecule has 158 valence electrons. The Hall–Kier alpha value is -4.32. The molecule has 0 radical (unpaired) electrons. The Labute approximate surface area is 186 Å². The van der Waals surface area contributed by atoms with Crippen LogP contribution >= 0.6 is 0 Å². The van der Waals surface area contributed by atoms with Gasteiger partial charge in [0.2, 0.25) is 0 Å². The molecule has 6 nitrogen and oxygen atoms in total. The maximum atomic E-state index is 13.0. The van der Waals surface area contributed by atoms with Gasteiger partial charge in [-0.15, -0.1) is 0 Å². The Morgan fingerprint density at radius 1 is 0.844 bits per heavy atom. The van der Waals surface area contributed by atoms with Gasteiger partial charge >= 0.3 is 0 Å². The van der Waals surface area contributed by atoms with Gasteiger partial charge in [0.05, 0.1) is 6.04 Å². The van der Waals surface area contributed by atoms with Crippen molar-refractivity contribution in [3.8, 4) is 11.1 Å². The lowest BCUT2D eigenvalue weighted by molar-refractivity contribution is 0.0968. The Bertz CT molecular complexity index is 1180. The van der Waals surface area contributed by atoms with Gasteiger partial charge in [-0.3, -0.25) is 14.8 Å². The summed E-state index contributed by atoms with van der Waals surface area (Å²) < 4.78 is 0. The fourth-order valence-electron chi connectivity index (χ4n) is 3.34. The van der Waals surface area contributed by atoms with Gasteiger partial charge < -0.3 is 11.2 Å². The zero-order valence-electron chi connectivity index (χ0n) is 17.4. The number of nitrogens with one attached hydrogen (secondary N) is 1. The van der Waals surface area contributed by atoms with Gasteiger partial charge in [0, 0.05) is 30.6 Å². The molecule has 2 aromatic carbocycles. The first-order chi connectivity index (χ1) is 15.7. The van der Waals surface area contributed by atoms with Crippen molar-refractivity contribution in [1.29, 1.82) is 0 Å². The number of benzene rings is 2. The van der Waals surface area contributed by atoms with Gasteiger partial charge in [0.25, 0.3) is 0 Å². The van der Waals surface area contributed by atoms with E-state index in [9.17, 15) is 4.79 Å². The highest BCUT2D eigenvalue weighted by molar-refractivity contribution is 5.97. The molecule has 0 saturated heterocycles. The van der Waals surface area contributed by atoms with Crippen molar-refractivity contribution < 1.29 is 4.79 Å². The number of Topliss-reactive ketones (excluding diaryl/α,β-unsaturated/α-hetero) is 1. The number of amidine groups is 1. The van der Waals surface area contributed by atoms with Crippen molar-refractivity contribution >= 4 is 11.6 Å². The number of nitrogens with zero attached hydrogens (tertiary/aromatic N) is 3. The van der Waals surface area contributed by atoms with E-state index in [0.717, 1.165) is 16.7 Å². The van der Waals surface area contributed by atoms with E-state index in [-0.39, 0.29) is 24.1 Å². The number of carbonyl (C=O) groups is 1. The molecule has 0 aliphatic rings. The van der Waals surface area contributed by atoms with Gasteiger partial charge in [-0.1, -0.05) is 60.7 Å². The molecule has 0 fully saturated rings. The molecule has 0 spiro atoms. The van der Waals surface area contributed by atoms with Crippen LogP contribution in [0.3, 0.4) is 0 Å². The lowest BCUT2D eigenvalue weighted by atomic mass is 9.97. The lowest BCUT2D eigenvalue weighted by Gasteiger charge is -2.17. The van der Waals surface area contributed by atoms with E-state index in [1.807, 2.05) is 78.9 Å². The standard InChI is InChI=1S/C26H23N5O/c27-26(23-8-4-5-15-29-23)31-30-24(21-13-16-28-17-14-21)18-25(32)22-11-9-20(10-12-22)19-6-2-1-3-7-19/h1-17,24,30H,18H2,(H2,27,31). The van der Waals surface area contributed by atoms with E-state index in [1.54, 1.807) is 24.7 Å². The normalized spacial score (nSPS) is 12.2. The molecule has 1 unspecified atom stereocenters. The second-order valence-corrected chi connectivity index (χ2v) is 7.24. The van der Waals surface area contributed by atoms with Crippen LogP contribution in [0.5, 0.6) is 0 Å². The molecule has 2 aromatic heterocycles. The Morgan fingerprint density at radius 2 is 1.53 bits per heavy atom. The number of ketones is 1. The van der Waals surface area contributed by atoms with E-state index in [1.165, 1.54) is 0 Å². The zero-order chi connectivity index (χ0) is 22.2. The summed E-state index contributed by atoms with van der Waals surface area (Å²) in [5.74, 6) is 0.259. The highest BCUT2D eigenvalue weighted by Crippen LogP contribution is 2.22. The van der Waals surface area contributed by atoms with E-state index >= 15 is 0 Å². The number of pyridine rings is 2. The summed E-state index contributed by atoms with van der Waals surface area (Å²) in [6, 6.07) is 26.5. The second kappa shape index (κ2) is 10.1. The monoisotopic (exact) mass is 421 g/mol. The number of rotatable bonds is 8. The molecule has 4 aromatic rings. The van der Waals surface area contributed by atoms with Crippen LogP contribution in [0.25, 0.3) is 11.1 Å². The summed E-state index contributed by atoms with van der Waals surface area (Å²) in [4.78, 5) is 21.3. The van der Waals surface area contributed by atoms with Gasteiger partial charge in [-0.25, -0.2) is 0 Å². The molecule has 3 N–H and O–H groups in total. The second-order valence-electron chi connectivity index (χ2n) is 7.24. The molecule has 0 bridgehead atoms. The van der Waals surface area contributed by atoms with Crippen molar-refractivity contribution in [2.75, 3.05) is 0 Å². The first-order valence-electron chi connectivity index (χ1n) is 10.3. The number of carbonyl (C=O) groups excluding carboxylic acids is 1. The maximum absolute atomic E-state index is 13.0. The van der Waals surface area contributed by atoms with Crippen molar-refractivity contribution in [3.63, 3.8) is 0 Å². The molecule has 0 aliphatic carbocycles. The molecular weight excluding hydrogens is 398 g/mol. The molecule has 1 atom stereocenters. The Morgan fingerprint density at radius 3 is 2.22 bits per heavy atom. The van der Waals surface area contributed by atoms with Gasteiger partial charge in [0.1, 0.15) is 5.69 Å². The Balaban J connectivity index is 1.51. The topological polar surface area (TPSA) is 93.3 Å². The number of hydrazone groups is 1. The maximum Gasteiger partial charge on any atom is 0.169 e. The van der Waals surface area contributed by atoms with Crippen molar-refractivity contribution in [3.05, 3.63) is 120 Å². The number of hydrogen-bond donors (Lipinski definition) is 2. The molecule has 32 heavy (non-hydrogen) atoms. The van der Waals surface area contributed by atoms with Gasteiger partial charge in [-0.05, 0) is 41.0 Å². The van der Waals surface area contributed by atoms with Crippen LogP contribution < -0.4 is 11.2 Å². The smallest absolute Gasteiger partial charge is 0.169 e. The quantitative estimate of drug-likeness (QED) is 0.191. The van der Waals surface area contributed by atoms with Crippen LogP contribution in [0.1, 0.15) is 34.1 Å². The van der Waals surface area contributed by atoms with Crippen LogP contribution in [0.15, 0.2) is 109 Å². The molecular formula is C26H23N5O. The third kappa shape index (κ3) is 5.23. The largest absolute Gasteiger partial charge is 0.380 e. The first kappa shape index (κ1) is 20.9. The molecule has 0 aliphatic heterocycles. The van der Waals surface area contributed by atoms with Crippen molar-refractivity contribution in [2.45, 2.75) is 12.5 Å². The van der Waals surface area contributed by atoms with Crippen LogP contribution in [0.2, 0.25) is 0 Å². The predicted molar refractivity (Wildman–Crippen MR) is 126 cm³/mol. The van der Waals surface area contributed by atoms with Gasteiger partial charge in [0.15, 0.2) is 11.6 Å². The average molecular weight is 422 g/mol. The van der Waals surface area contributed by atoms with E-state index < -0.39 is 0 Å². The predicted octanol–water partition coefficient (Wildman–Crippen LogP) is 4.37. The summed E-state index contributed by atoms with van der Waals surface area (Å²) in [6.45, 7) is 0. The van der Waals surface area contributed by atoms with Crippen LogP contribution in [-0.2, 0) is 0 Å². The summed E-state index contributed by atoms with van der Waals surface area (Å²) in [7, 11) is 0. The number of nitrogens with two attached hydrogens (primary N) is 1. The van der Waals surface area contributed by atoms with Crippen molar-refractivity contribution in [2.24, 2.45) is 10.8 Å². The number of hydrogen-bond acceptors (Lipinski definition) is 5. The minimum Gasteiger partial charge on any atom is -0.380 e. The van der Waals surface area contributed by atoms with E-state index in [4.69, 9.17) is 5.73 Å².